The van der Waals surface area contributed by atoms with Crippen molar-refractivity contribution in [3.8, 4) is 11.8 Å². The summed E-state index contributed by atoms with van der Waals surface area (Å²) in [7, 11) is 0. The number of aromatic hydroxyl groups is 1. The van der Waals surface area contributed by atoms with Crippen molar-refractivity contribution in [1.29, 1.82) is 5.26 Å². The summed E-state index contributed by atoms with van der Waals surface area (Å²) < 4.78 is 1.65. The quantitative estimate of drug-likeness (QED) is 0.343. The summed E-state index contributed by atoms with van der Waals surface area (Å²) >= 11 is 7.16. The number of rotatable bonds is 2. The summed E-state index contributed by atoms with van der Waals surface area (Å²) in [4.78, 5) is 5.87. The number of hydrogen-bond donors (Lipinski definition) is 1. The third kappa shape index (κ3) is 4.00. The number of nitriles is 1. The molecule has 3 rings (SSSR count). The molecule has 6 heteroatoms. The van der Waals surface area contributed by atoms with Crippen LogP contribution in [-0.4, -0.2) is 11.3 Å². The predicted octanol–water partition coefficient (Wildman–Crippen LogP) is 6.59. The van der Waals surface area contributed by atoms with Crippen molar-refractivity contribution in [3.63, 3.8) is 0 Å². The lowest BCUT2D eigenvalue weighted by molar-refractivity contribution is 0.218. The second-order valence-electron chi connectivity index (χ2n) is 7.69. The first kappa shape index (κ1) is 19.8. The van der Waals surface area contributed by atoms with Gasteiger partial charge in [-0.05, 0) is 70.9 Å². The number of phenolic OH excluding ortho intramolecular Hbond substituents is 1. The highest BCUT2D eigenvalue weighted by Crippen LogP contribution is 2.45. The zero-order chi connectivity index (χ0) is 19.1. The zero-order valence-corrected chi connectivity index (χ0v) is 19.5. The van der Waals surface area contributed by atoms with Crippen LogP contribution >= 0.6 is 49.9 Å². The van der Waals surface area contributed by atoms with E-state index in [0.717, 1.165) is 32.3 Å². The van der Waals surface area contributed by atoms with E-state index in [2.05, 4.69) is 70.4 Å². The molecular formula is C20H20BrIN2OS. The van der Waals surface area contributed by atoms with Gasteiger partial charge in [0.25, 0.3) is 0 Å². The highest BCUT2D eigenvalue weighted by molar-refractivity contribution is 14.1. The van der Waals surface area contributed by atoms with Gasteiger partial charge in [-0.25, -0.2) is 4.99 Å². The third-order valence-corrected chi connectivity index (χ3v) is 7.40. The average Bonchev–Trinajstić information content (AvgIpc) is 2.92. The maximum atomic E-state index is 10.2. The van der Waals surface area contributed by atoms with Gasteiger partial charge in [0.2, 0.25) is 0 Å². The highest BCUT2D eigenvalue weighted by atomic mass is 127. The Labute approximate surface area is 180 Å². The van der Waals surface area contributed by atoms with Crippen LogP contribution in [0.1, 0.15) is 48.8 Å². The van der Waals surface area contributed by atoms with Crippen molar-refractivity contribution in [2.24, 2.45) is 16.3 Å². The summed E-state index contributed by atoms with van der Waals surface area (Å²) in [5.41, 5.74) is 2.80. The molecule has 136 valence electrons. The van der Waals surface area contributed by atoms with Crippen LogP contribution in [0.15, 0.2) is 21.6 Å². The average molecular weight is 543 g/mol. The van der Waals surface area contributed by atoms with E-state index in [-0.39, 0.29) is 11.2 Å². The van der Waals surface area contributed by atoms with Crippen molar-refractivity contribution in [1.82, 2.24) is 0 Å². The Morgan fingerprint density at radius 1 is 1.42 bits per heavy atom. The lowest BCUT2D eigenvalue weighted by atomic mass is 9.72. The van der Waals surface area contributed by atoms with E-state index in [1.54, 1.807) is 17.6 Å². The van der Waals surface area contributed by atoms with Crippen LogP contribution in [0.5, 0.6) is 5.75 Å². The standard InChI is InChI=1S/C20H20BrIN2OS/c1-20(2,3)12-4-5-14-15(9-23)19(26-17(14)7-12)24-10-11-6-13(21)8-16(22)18(11)25/h6,8,10,12,25H,4-5,7H2,1-3H3/t12-/m0/s1. The van der Waals surface area contributed by atoms with E-state index in [0.29, 0.717) is 17.0 Å². The van der Waals surface area contributed by atoms with Crippen molar-refractivity contribution >= 4 is 61.1 Å². The van der Waals surface area contributed by atoms with Crippen molar-refractivity contribution in [3.05, 3.63) is 41.7 Å². The Balaban J connectivity index is 1.96. The van der Waals surface area contributed by atoms with Gasteiger partial charge in [-0.1, -0.05) is 36.7 Å². The smallest absolute Gasteiger partial charge is 0.137 e. The summed E-state index contributed by atoms with van der Waals surface area (Å²) in [5, 5.41) is 20.6. The normalized spacial score (nSPS) is 17.3. The second kappa shape index (κ2) is 7.61. The number of halogens is 2. The minimum Gasteiger partial charge on any atom is -0.506 e. The fourth-order valence-electron chi connectivity index (χ4n) is 3.33. The van der Waals surface area contributed by atoms with Gasteiger partial charge in [-0.15, -0.1) is 11.3 Å². The summed E-state index contributed by atoms with van der Waals surface area (Å²) in [6.07, 6.45) is 4.75. The number of aliphatic imine (C=N–C) groups is 1. The van der Waals surface area contributed by atoms with Gasteiger partial charge >= 0.3 is 0 Å². The minimum absolute atomic E-state index is 0.213. The van der Waals surface area contributed by atoms with Crippen LogP contribution in [0.2, 0.25) is 0 Å². The van der Waals surface area contributed by atoms with Gasteiger partial charge in [0, 0.05) is 21.1 Å². The summed E-state index contributed by atoms with van der Waals surface area (Å²) in [6.45, 7) is 6.87. The second-order valence-corrected chi connectivity index (χ2v) is 10.8. The van der Waals surface area contributed by atoms with E-state index < -0.39 is 0 Å². The number of benzene rings is 1. The van der Waals surface area contributed by atoms with Gasteiger partial charge in [-0.3, -0.25) is 0 Å². The maximum absolute atomic E-state index is 10.2. The molecule has 0 amide bonds. The van der Waals surface area contributed by atoms with E-state index in [9.17, 15) is 10.4 Å². The van der Waals surface area contributed by atoms with Crippen LogP contribution in [0.4, 0.5) is 5.00 Å². The topological polar surface area (TPSA) is 56.4 Å². The molecule has 0 bridgehead atoms. The van der Waals surface area contributed by atoms with Gasteiger partial charge < -0.3 is 5.11 Å². The number of fused-ring (bicyclic) bond motifs is 1. The van der Waals surface area contributed by atoms with E-state index in [1.807, 2.05) is 12.1 Å². The molecular weight excluding hydrogens is 523 g/mol. The SMILES string of the molecule is CC(C)(C)[C@H]1CCc2c(sc(N=Cc3cc(Br)cc(I)c3O)c2C#N)C1. The first-order chi connectivity index (χ1) is 12.2. The molecule has 0 saturated carbocycles. The Hall–Kier alpha value is -0.910. The van der Waals surface area contributed by atoms with Crippen LogP contribution in [0.25, 0.3) is 0 Å². The molecule has 1 atom stereocenters. The Morgan fingerprint density at radius 2 is 2.15 bits per heavy atom. The molecule has 1 aromatic carbocycles. The number of thiophene rings is 1. The molecule has 26 heavy (non-hydrogen) atoms. The van der Waals surface area contributed by atoms with Gasteiger partial charge in [0.05, 0.1) is 9.13 Å². The fourth-order valence-corrected chi connectivity index (χ4v) is 6.10. The number of hydrogen-bond acceptors (Lipinski definition) is 4. The minimum atomic E-state index is 0.213. The summed E-state index contributed by atoms with van der Waals surface area (Å²) in [5.74, 6) is 0.845. The first-order valence-electron chi connectivity index (χ1n) is 8.47. The lowest BCUT2D eigenvalue weighted by Crippen LogP contribution is -2.26. The van der Waals surface area contributed by atoms with Crippen LogP contribution in [0, 0.1) is 26.2 Å². The molecule has 0 spiro atoms. The van der Waals surface area contributed by atoms with E-state index >= 15 is 0 Å². The predicted molar refractivity (Wildman–Crippen MR) is 120 cm³/mol. The molecule has 2 aromatic rings. The molecule has 1 aliphatic carbocycles. The van der Waals surface area contributed by atoms with Crippen molar-refractivity contribution in [2.75, 3.05) is 0 Å². The fraction of sp³-hybridized carbons (Fsp3) is 0.400. The van der Waals surface area contributed by atoms with E-state index in [1.165, 1.54) is 10.4 Å². The maximum Gasteiger partial charge on any atom is 0.137 e. The molecule has 0 saturated heterocycles. The van der Waals surface area contributed by atoms with Crippen LogP contribution in [0.3, 0.4) is 0 Å². The molecule has 0 radical (unpaired) electrons. The monoisotopic (exact) mass is 542 g/mol. The zero-order valence-electron chi connectivity index (χ0n) is 14.9. The summed E-state index contributed by atoms with van der Waals surface area (Å²) in [6, 6.07) is 6.04. The molecule has 1 aliphatic rings. The van der Waals surface area contributed by atoms with Crippen LogP contribution in [-0.2, 0) is 12.8 Å². The molecule has 0 fully saturated rings. The molecule has 1 heterocycles. The number of phenols is 1. The molecule has 1 N–H and O–H groups in total. The van der Waals surface area contributed by atoms with E-state index in [4.69, 9.17) is 0 Å². The number of nitrogens with zero attached hydrogens (tertiary/aromatic N) is 2. The van der Waals surface area contributed by atoms with Gasteiger partial charge in [-0.2, -0.15) is 5.26 Å². The Kier molecular flexibility index (Phi) is 5.80. The van der Waals surface area contributed by atoms with Gasteiger partial charge in [0.1, 0.15) is 16.8 Å². The Bertz CT molecular complexity index is 921. The Morgan fingerprint density at radius 3 is 2.81 bits per heavy atom. The van der Waals surface area contributed by atoms with Crippen molar-refractivity contribution in [2.45, 2.75) is 40.0 Å². The molecule has 0 unspecified atom stereocenters. The highest BCUT2D eigenvalue weighted by Gasteiger charge is 2.32. The molecule has 0 aliphatic heterocycles. The lowest BCUT2D eigenvalue weighted by Gasteiger charge is -2.33. The first-order valence-corrected chi connectivity index (χ1v) is 11.2. The molecule has 1 aromatic heterocycles. The largest absolute Gasteiger partial charge is 0.506 e. The van der Waals surface area contributed by atoms with Crippen LogP contribution < -0.4 is 0 Å². The molecule has 3 nitrogen and oxygen atoms in total. The third-order valence-electron chi connectivity index (χ3n) is 4.96. The van der Waals surface area contributed by atoms with Gasteiger partial charge in [0.15, 0.2) is 0 Å². The van der Waals surface area contributed by atoms with Crippen molar-refractivity contribution < 1.29 is 5.11 Å².